The van der Waals surface area contributed by atoms with E-state index < -0.39 is 0 Å². The first-order valence-corrected chi connectivity index (χ1v) is 8.27. The molecule has 0 spiro atoms. The van der Waals surface area contributed by atoms with Gasteiger partial charge in [-0.2, -0.15) is 0 Å². The SMILES string of the molecule is CC(=O)NCCc1cc(=O)oc2cc(N3CCN(C)CC3)ccc12. The monoisotopic (exact) mass is 329 g/mol. The number of likely N-dealkylation sites (N-methyl/N-ethyl adjacent to an activating group) is 1. The fourth-order valence-electron chi connectivity index (χ4n) is 3.06. The van der Waals surface area contributed by atoms with E-state index in [1.165, 1.54) is 13.0 Å². The predicted molar refractivity (Wildman–Crippen MR) is 94.6 cm³/mol. The van der Waals surface area contributed by atoms with Gasteiger partial charge in [0.05, 0.1) is 0 Å². The number of nitrogens with zero attached hydrogens (tertiary/aromatic N) is 2. The lowest BCUT2D eigenvalue weighted by Crippen LogP contribution is -2.44. The van der Waals surface area contributed by atoms with Gasteiger partial charge in [-0.1, -0.05) is 0 Å². The summed E-state index contributed by atoms with van der Waals surface area (Å²) in [6.45, 7) is 5.98. The maximum atomic E-state index is 11.9. The number of carbonyl (C=O) groups excluding carboxylic acids is 1. The van der Waals surface area contributed by atoms with E-state index in [-0.39, 0.29) is 11.5 Å². The van der Waals surface area contributed by atoms with Crippen LogP contribution in [0.3, 0.4) is 0 Å². The van der Waals surface area contributed by atoms with Crippen LogP contribution in [0.15, 0.2) is 33.5 Å². The van der Waals surface area contributed by atoms with Crippen LogP contribution in [0, 0.1) is 0 Å². The molecule has 1 aliphatic heterocycles. The van der Waals surface area contributed by atoms with Crippen LogP contribution in [-0.4, -0.2) is 50.6 Å². The van der Waals surface area contributed by atoms with Crippen molar-refractivity contribution in [3.05, 3.63) is 40.2 Å². The zero-order valence-electron chi connectivity index (χ0n) is 14.2. The number of benzene rings is 1. The average molecular weight is 329 g/mol. The molecule has 1 amide bonds. The van der Waals surface area contributed by atoms with Crippen LogP contribution in [-0.2, 0) is 11.2 Å². The Morgan fingerprint density at radius 2 is 1.96 bits per heavy atom. The minimum atomic E-state index is -0.351. The summed E-state index contributed by atoms with van der Waals surface area (Å²) in [5, 5.41) is 3.69. The first-order valence-electron chi connectivity index (χ1n) is 8.27. The van der Waals surface area contributed by atoms with Gasteiger partial charge in [0, 0.05) is 62.9 Å². The summed E-state index contributed by atoms with van der Waals surface area (Å²) in [6.07, 6.45) is 0.607. The summed E-state index contributed by atoms with van der Waals surface area (Å²) >= 11 is 0. The van der Waals surface area contributed by atoms with Gasteiger partial charge in [0.1, 0.15) is 5.58 Å². The molecule has 1 saturated heterocycles. The normalized spacial score (nSPS) is 15.7. The number of piperazine rings is 1. The van der Waals surface area contributed by atoms with Crippen molar-refractivity contribution in [2.45, 2.75) is 13.3 Å². The number of nitrogens with one attached hydrogen (secondary N) is 1. The standard InChI is InChI=1S/C18H23N3O3/c1-13(22)19-6-5-14-11-18(23)24-17-12-15(3-4-16(14)17)21-9-7-20(2)8-10-21/h3-4,11-12H,5-10H2,1-2H3,(H,19,22). The molecule has 0 saturated carbocycles. The van der Waals surface area contributed by atoms with E-state index >= 15 is 0 Å². The molecule has 1 N–H and O–H groups in total. The van der Waals surface area contributed by atoms with Crippen LogP contribution in [0.5, 0.6) is 0 Å². The molecule has 3 rings (SSSR count). The van der Waals surface area contributed by atoms with Gasteiger partial charge < -0.3 is 19.5 Å². The first-order chi connectivity index (χ1) is 11.5. The quantitative estimate of drug-likeness (QED) is 0.855. The number of hydrogen-bond acceptors (Lipinski definition) is 5. The lowest BCUT2D eigenvalue weighted by molar-refractivity contribution is -0.118. The third kappa shape index (κ3) is 3.76. The van der Waals surface area contributed by atoms with Gasteiger partial charge in [-0.15, -0.1) is 0 Å². The topological polar surface area (TPSA) is 65.8 Å². The minimum Gasteiger partial charge on any atom is -0.423 e. The lowest BCUT2D eigenvalue weighted by atomic mass is 10.1. The molecular formula is C18H23N3O3. The summed E-state index contributed by atoms with van der Waals surface area (Å²) in [4.78, 5) is 27.5. The van der Waals surface area contributed by atoms with E-state index in [2.05, 4.69) is 28.2 Å². The molecule has 6 nitrogen and oxygen atoms in total. The van der Waals surface area contributed by atoms with Crippen molar-refractivity contribution in [1.82, 2.24) is 10.2 Å². The van der Waals surface area contributed by atoms with Crippen LogP contribution in [0.25, 0.3) is 11.0 Å². The van der Waals surface area contributed by atoms with Gasteiger partial charge >= 0.3 is 5.63 Å². The van der Waals surface area contributed by atoms with E-state index in [9.17, 15) is 9.59 Å². The van der Waals surface area contributed by atoms with Crippen LogP contribution in [0.2, 0.25) is 0 Å². The van der Waals surface area contributed by atoms with Crippen molar-refractivity contribution in [1.29, 1.82) is 0 Å². The van der Waals surface area contributed by atoms with Crippen molar-refractivity contribution in [2.24, 2.45) is 0 Å². The van der Waals surface area contributed by atoms with Gasteiger partial charge in [0.25, 0.3) is 0 Å². The van der Waals surface area contributed by atoms with Crippen molar-refractivity contribution in [3.63, 3.8) is 0 Å². The molecule has 2 aromatic rings. The molecule has 0 bridgehead atoms. The van der Waals surface area contributed by atoms with Crippen LogP contribution in [0.1, 0.15) is 12.5 Å². The molecule has 128 valence electrons. The molecule has 1 aliphatic rings. The summed E-state index contributed by atoms with van der Waals surface area (Å²) in [5.74, 6) is -0.0698. The molecule has 0 aliphatic carbocycles. The Bertz CT molecular complexity index is 792. The van der Waals surface area contributed by atoms with E-state index in [1.54, 1.807) is 0 Å². The first kappa shape index (κ1) is 16.5. The summed E-state index contributed by atoms with van der Waals surface area (Å²) in [6, 6.07) is 7.55. The summed E-state index contributed by atoms with van der Waals surface area (Å²) < 4.78 is 5.40. The molecule has 1 fully saturated rings. The molecule has 0 radical (unpaired) electrons. The number of carbonyl (C=O) groups is 1. The Kier molecular flexibility index (Phi) is 4.85. The van der Waals surface area contributed by atoms with Gasteiger partial charge in [-0.3, -0.25) is 4.79 Å². The van der Waals surface area contributed by atoms with Crippen LogP contribution >= 0.6 is 0 Å². The number of rotatable bonds is 4. The Morgan fingerprint density at radius 1 is 1.21 bits per heavy atom. The van der Waals surface area contributed by atoms with Gasteiger partial charge in [0.2, 0.25) is 5.91 Å². The van der Waals surface area contributed by atoms with Gasteiger partial charge in [0.15, 0.2) is 0 Å². The van der Waals surface area contributed by atoms with E-state index in [4.69, 9.17) is 4.42 Å². The van der Waals surface area contributed by atoms with Crippen molar-refractivity contribution < 1.29 is 9.21 Å². The Balaban J connectivity index is 1.87. The number of anilines is 1. The maximum absolute atomic E-state index is 11.9. The largest absolute Gasteiger partial charge is 0.423 e. The Morgan fingerprint density at radius 3 is 2.67 bits per heavy atom. The van der Waals surface area contributed by atoms with Crippen molar-refractivity contribution in [3.8, 4) is 0 Å². The highest BCUT2D eigenvalue weighted by Crippen LogP contribution is 2.24. The fourth-order valence-corrected chi connectivity index (χ4v) is 3.06. The molecule has 1 aromatic heterocycles. The summed E-state index contributed by atoms with van der Waals surface area (Å²) in [7, 11) is 2.12. The maximum Gasteiger partial charge on any atom is 0.336 e. The third-order valence-electron chi connectivity index (χ3n) is 4.45. The fraction of sp³-hybridized carbons (Fsp3) is 0.444. The predicted octanol–water partition coefficient (Wildman–Crippen LogP) is 1.22. The van der Waals surface area contributed by atoms with E-state index in [1.807, 2.05) is 12.1 Å². The highest BCUT2D eigenvalue weighted by molar-refractivity contribution is 5.83. The molecule has 2 heterocycles. The number of hydrogen-bond donors (Lipinski definition) is 1. The molecule has 0 atom stereocenters. The van der Waals surface area contributed by atoms with E-state index in [0.717, 1.165) is 42.8 Å². The zero-order chi connectivity index (χ0) is 17.1. The molecule has 6 heteroatoms. The lowest BCUT2D eigenvalue weighted by Gasteiger charge is -2.34. The van der Waals surface area contributed by atoms with E-state index in [0.29, 0.717) is 18.5 Å². The molecule has 0 unspecified atom stereocenters. The number of amides is 1. The van der Waals surface area contributed by atoms with Crippen LogP contribution < -0.4 is 15.8 Å². The van der Waals surface area contributed by atoms with Gasteiger partial charge in [-0.25, -0.2) is 4.79 Å². The van der Waals surface area contributed by atoms with Crippen molar-refractivity contribution >= 4 is 22.6 Å². The second-order valence-electron chi connectivity index (χ2n) is 6.29. The zero-order valence-corrected chi connectivity index (χ0v) is 14.2. The van der Waals surface area contributed by atoms with Crippen LogP contribution in [0.4, 0.5) is 5.69 Å². The average Bonchev–Trinajstić information content (AvgIpc) is 2.54. The second kappa shape index (κ2) is 7.05. The highest BCUT2D eigenvalue weighted by Gasteiger charge is 2.15. The Hall–Kier alpha value is -2.34. The third-order valence-corrected chi connectivity index (χ3v) is 4.45. The molecule has 24 heavy (non-hydrogen) atoms. The van der Waals surface area contributed by atoms with Gasteiger partial charge in [-0.05, 0) is 31.2 Å². The smallest absolute Gasteiger partial charge is 0.336 e. The van der Waals surface area contributed by atoms with Crippen molar-refractivity contribution in [2.75, 3.05) is 44.7 Å². The second-order valence-corrected chi connectivity index (χ2v) is 6.29. The molecule has 1 aromatic carbocycles. The molecular weight excluding hydrogens is 306 g/mol. The Labute approximate surface area is 141 Å². The minimum absolute atomic E-state index is 0.0698. The highest BCUT2D eigenvalue weighted by atomic mass is 16.4. The number of fused-ring (bicyclic) bond motifs is 1. The summed E-state index contributed by atoms with van der Waals surface area (Å²) in [5.41, 5.74) is 2.24.